The van der Waals surface area contributed by atoms with Crippen LogP contribution in [0.5, 0.6) is 0 Å². The average Bonchev–Trinajstić information content (AvgIpc) is 2.46. The number of rotatable bonds is 1. The van der Waals surface area contributed by atoms with Crippen molar-refractivity contribution in [1.82, 2.24) is 4.98 Å². The molecule has 13 heavy (non-hydrogen) atoms. The maximum absolute atomic E-state index is 6.73. The molecule has 1 aromatic heterocycles. The molecule has 0 saturated heterocycles. The summed E-state index contributed by atoms with van der Waals surface area (Å²) in [6, 6.07) is 7.63. The molecule has 0 aliphatic carbocycles. The zero-order valence-corrected chi connectivity index (χ0v) is 7.60. The van der Waals surface area contributed by atoms with E-state index in [-0.39, 0.29) is 0 Å². The molecular formula is C10H7ClN2. The molecule has 0 amide bonds. The van der Waals surface area contributed by atoms with Crippen LogP contribution in [0.2, 0.25) is 5.02 Å². The predicted molar refractivity (Wildman–Crippen MR) is 53.6 cm³/mol. The van der Waals surface area contributed by atoms with E-state index >= 15 is 0 Å². The zero-order chi connectivity index (χ0) is 9.26. The smallest absolute Gasteiger partial charge is 0.254 e. The molecule has 1 aromatic carbocycles. The second-order valence-corrected chi connectivity index (χ2v) is 3.28. The highest BCUT2D eigenvalue weighted by Gasteiger charge is 2.01. The van der Waals surface area contributed by atoms with Crippen LogP contribution in [0.25, 0.3) is 15.7 Å². The van der Waals surface area contributed by atoms with Gasteiger partial charge in [-0.1, -0.05) is 17.7 Å². The van der Waals surface area contributed by atoms with E-state index < -0.39 is 0 Å². The van der Waals surface area contributed by atoms with Gasteiger partial charge in [-0.2, -0.15) is 0 Å². The number of nitrogens with one attached hydrogen (secondary N) is 1. The summed E-state index contributed by atoms with van der Waals surface area (Å²) in [5.41, 5.74) is 1.93. The van der Waals surface area contributed by atoms with Gasteiger partial charge in [0, 0.05) is 15.9 Å². The van der Waals surface area contributed by atoms with Gasteiger partial charge in [-0.3, -0.25) is 0 Å². The molecule has 3 heteroatoms. The highest BCUT2D eigenvalue weighted by Crippen LogP contribution is 2.20. The number of fused-ring (bicyclic) bond motifs is 1. The van der Waals surface area contributed by atoms with Crippen LogP contribution in [0.4, 0.5) is 0 Å². The number of hydrogen-bond acceptors (Lipinski definition) is 0. The summed E-state index contributed by atoms with van der Waals surface area (Å²) in [5, 5.41) is 1.81. The summed E-state index contributed by atoms with van der Waals surface area (Å²) in [6.07, 6.45) is 0. The van der Waals surface area contributed by atoms with Crippen LogP contribution in [0.1, 0.15) is 5.69 Å². The minimum Gasteiger partial charge on any atom is -0.352 e. The third-order valence-corrected chi connectivity index (χ3v) is 2.12. The summed E-state index contributed by atoms with van der Waals surface area (Å²) in [4.78, 5) is 6.45. The Morgan fingerprint density at radius 2 is 2.23 bits per heavy atom. The van der Waals surface area contributed by atoms with Crippen molar-refractivity contribution in [3.63, 3.8) is 0 Å². The Labute approximate surface area is 81.0 Å². The Balaban J connectivity index is 2.57. The van der Waals surface area contributed by atoms with Crippen LogP contribution >= 0.6 is 11.6 Å². The van der Waals surface area contributed by atoms with Gasteiger partial charge in [-0.25, -0.2) is 6.57 Å². The number of benzene rings is 1. The van der Waals surface area contributed by atoms with Crippen LogP contribution in [0.15, 0.2) is 24.3 Å². The summed E-state index contributed by atoms with van der Waals surface area (Å²) < 4.78 is 0. The van der Waals surface area contributed by atoms with Gasteiger partial charge in [0.2, 0.25) is 0 Å². The van der Waals surface area contributed by atoms with Crippen LogP contribution in [0, 0.1) is 6.57 Å². The quantitative estimate of drug-likeness (QED) is 0.667. The van der Waals surface area contributed by atoms with Crippen molar-refractivity contribution in [2.45, 2.75) is 6.54 Å². The van der Waals surface area contributed by atoms with Gasteiger partial charge in [-0.05, 0) is 18.2 Å². The third kappa shape index (κ3) is 1.51. The van der Waals surface area contributed by atoms with Gasteiger partial charge in [0.05, 0.1) is 5.69 Å². The first kappa shape index (κ1) is 8.15. The lowest BCUT2D eigenvalue weighted by atomic mass is 10.2. The van der Waals surface area contributed by atoms with Gasteiger partial charge in [0.15, 0.2) is 0 Å². The van der Waals surface area contributed by atoms with E-state index in [2.05, 4.69) is 9.83 Å². The van der Waals surface area contributed by atoms with Crippen LogP contribution in [0.3, 0.4) is 0 Å². The number of aromatic nitrogens is 1. The fourth-order valence-electron chi connectivity index (χ4n) is 1.33. The summed E-state index contributed by atoms with van der Waals surface area (Å²) >= 11 is 5.82. The lowest BCUT2D eigenvalue weighted by Crippen LogP contribution is -1.75. The van der Waals surface area contributed by atoms with Gasteiger partial charge in [0.1, 0.15) is 0 Å². The maximum atomic E-state index is 6.73. The second-order valence-electron chi connectivity index (χ2n) is 2.84. The van der Waals surface area contributed by atoms with Crippen LogP contribution < -0.4 is 0 Å². The van der Waals surface area contributed by atoms with Crippen molar-refractivity contribution in [3.8, 4) is 0 Å². The summed E-state index contributed by atoms with van der Waals surface area (Å²) in [7, 11) is 0. The summed E-state index contributed by atoms with van der Waals surface area (Å²) in [5.74, 6) is 0. The number of nitrogens with zero attached hydrogens (tertiary/aromatic N) is 1. The van der Waals surface area contributed by atoms with Crippen molar-refractivity contribution in [2.75, 3.05) is 0 Å². The molecule has 0 bridgehead atoms. The lowest BCUT2D eigenvalue weighted by Gasteiger charge is -1.88. The molecule has 0 fully saturated rings. The van der Waals surface area contributed by atoms with Gasteiger partial charge in [0.25, 0.3) is 6.54 Å². The number of halogens is 1. The predicted octanol–water partition coefficient (Wildman–Crippen LogP) is 3.24. The van der Waals surface area contributed by atoms with Crippen molar-refractivity contribution in [2.24, 2.45) is 0 Å². The van der Waals surface area contributed by atoms with E-state index in [9.17, 15) is 0 Å². The fraction of sp³-hybridized carbons (Fsp3) is 0.100. The highest BCUT2D eigenvalue weighted by atomic mass is 35.5. The molecule has 0 spiro atoms. The van der Waals surface area contributed by atoms with Crippen molar-refractivity contribution < 1.29 is 0 Å². The summed E-state index contributed by atoms with van der Waals surface area (Å²) in [6.45, 7) is 7.13. The molecule has 0 atom stereocenters. The zero-order valence-electron chi connectivity index (χ0n) is 6.84. The van der Waals surface area contributed by atoms with E-state index in [1.807, 2.05) is 24.3 Å². The van der Waals surface area contributed by atoms with E-state index in [1.54, 1.807) is 0 Å². The molecule has 1 heterocycles. The molecule has 0 aliphatic heterocycles. The van der Waals surface area contributed by atoms with Crippen molar-refractivity contribution in [1.29, 1.82) is 0 Å². The highest BCUT2D eigenvalue weighted by molar-refractivity contribution is 6.31. The molecule has 0 unspecified atom stereocenters. The minimum atomic E-state index is 0.395. The van der Waals surface area contributed by atoms with E-state index in [4.69, 9.17) is 18.2 Å². The molecule has 2 aromatic rings. The minimum absolute atomic E-state index is 0.395. The average molecular weight is 191 g/mol. The lowest BCUT2D eigenvalue weighted by molar-refractivity contribution is 1.17. The third-order valence-electron chi connectivity index (χ3n) is 1.89. The second kappa shape index (κ2) is 3.12. The first-order chi connectivity index (χ1) is 6.29. The fourth-order valence-corrected chi connectivity index (χ4v) is 1.50. The SMILES string of the molecule is [C-]#[N+]Cc1cc2ccc(Cl)cc2[nH]1. The Bertz CT molecular complexity index is 479. The Kier molecular flexibility index (Phi) is 1.96. The monoisotopic (exact) mass is 190 g/mol. The molecule has 2 rings (SSSR count). The van der Waals surface area contributed by atoms with Crippen LogP contribution in [-0.4, -0.2) is 4.98 Å². The molecule has 0 aliphatic rings. The Morgan fingerprint density at radius 3 is 3.00 bits per heavy atom. The van der Waals surface area contributed by atoms with Gasteiger partial charge in [-0.15, -0.1) is 0 Å². The Hall–Kier alpha value is -1.46. The van der Waals surface area contributed by atoms with E-state index in [1.165, 1.54) is 0 Å². The number of hydrogen-bond donors (Lipinski definition) is 1. The molecular weight excluding hydrogens is 184 g/mol. The molecule has 0 radical (unpaired) electrons. The van der Waals surface area contributed by atoms with E-state index in [0.29, 0.717) is 11.6 Å². The normalized spacial score (nSPS) is 10.2. The standard InChI is InChI=1S/C10H7ClN2/c1-12-6-9-4-7-2-3-8(11)5-10(7)13-9/h2-5,13H,6H2. The largest absolute Gasteiger partial charge is 0.352 e. The number of aromatic amines is 1. The van der Waals surface area contributed by atoms with Gasteiger partial charge >= 0.3 is 0 Å². The molecule has 64 valence electrons. The maximum Gasteiger partial charge on any atom is 0.254 e. The van der Waals surface area contributed by atoms with Crippen LogP contribution in [-0.2, 0) is 6.54 Å². The van der Waals surface area contributed by atoms with Crippen molar-refractivity contribution >= 4 is 22.5 Å². The first-order valence-corrected chi connectivity index (χ1v) is 4.28. The number of H-pyrrole nitrogens is 1. The molecule has 2 nitrogen and oxygen atoms in total. The van der Waals surface area contributed by atoms with Gasteiger partial charge < -0.3 is 9.83 Å². The Morgan fingerprint density at radius 1 is 1.38 bits per heavy atom. The topological polar surface area (TPSA) is 20.1 Å². The molecule has 0 saturated carbocycles. The van der Waals surface area contributed by atoms with E-state index in [0.717, 1.165) is 16.6 Å². The molecule has 1 N–H and O–H groups in total. The first-order valence-electron chi connectivity index (χ1n) is 3.90. The van der Waals surface area contributed by atoms with Crippen molar-refractivity contribution in [3.05, 3.63) is 46.4 Å².